The molecule has 0 aliphatic rings. The van der Waals surface area contributed by atoms with Crippen molar-refractivity contribution in [2.24, 2.45) is 0 Å². The van der Waals surface area contributed by atoms with Crippen LogP contribution in [0.4, 0.5) is 0 Å². The van der Waals surface area contributed by atoms with Gasteiger partial charge in [-0.05, 0) is 0 Å². The SMILES string of the molecule is [Cu+2].[Se-2].[Se-2].[Se-2].[Zn+2].[Zn+2]. The largest absolute Gasteiger partial charge is 2.00 e. The minimum Gasteiger partial charge on any atom is -2.00 e. The van der Waals surface area contributed by atoms with Crippen LogP contribution >= 0.6 is 0 Å². The zero-order chi connectivity index (χ0) is 0. The molecule has 0 aromatic heterocycles. The zero-order valence-electron chi connectivity index (χ0n) is 2.94. The normalized spacial score (nSPS) is 0. The van der Waals surface area contributed by atoms with Crippen molar-refractivity contribution in [2.45, 2.75) is 0 Å². The van der Waals surface area contributed by atoms with Gasteiger partial charge in [-0.1, -0.05) is 0 Å². The quantitative estimate of drug-likeness (QED) is 0.426. The Labute approximate surface area is 106 Å². The molecule has 0 fully saturated rings. The molecule has 0 aliphatic carbocycles. The maximum absolute atomic E-state index is 0. The molecule has 33 valence electrons. The van der Waals surface area contributed by atoms with Crippen molar-refractivity contribution in [2.75, 3.05) is 0 Å². The molecule has 0 aromatic rings. The molecule has 0 atom stereocenters. The topological polar surface area (TPSA) is 0 Å². The summed E-state index contributed by atoms with van der Waals surface area (Å²) in [6.45, 7) is 0. The third kappa shape index (κ3) is 26.5. The van der Waals surface area contributed by atoms with Crippen molar-refractivity contribution in [3.05, 3.63) is 0 Å². The average molecular weight is 431 g/mol. The first kappa shape index (κ1) is 58.5. The fraction of sp³-hybridized carbons (Fsp3) is 0. The molecule has 0 N–H and O–H groups in total. The Bertz CT molecular complexity index is 8.75. The van der Waals surface area contributed by atoms with Crippen molar-refractivity contribution in [3.8, 4) is 0 Å². The van der Waals surface area contributed by atoms with E-state index in [0.717, 1.165) is 0 Å². The maximum Gasteiger partial charge on any atom is 2.00 e. The molecule has 0 rings (SSSR count). The molecule has 1 radical (unpaired) electrons. The molecule has 0 saturated heterocycles. The van der Waals surface area contributed by atoms with Crippen molar-refractivity contribution >= 4 is 51.2 Å². The van der Waals surface area contributed by atoms with Crippen LogP contribution in [0, 0.1) is 0 Å². The Balaban J connectivity index is 0. The van der Waals surface area contributed by atoms with Gasteiger partial charge in [0, 0.05) is 0 Å². The second kappa shape index (κ2) is 40.4. The van der Waals surface area contributed by atoms with Gasteiger partial charge in [0.1, 0.15) is 0 Å². The minimum absolute atomic E-state index is 0. The summed E-state index contributed by atoms with van der Waals surface area (Å²) in [5, 5.41) is 0. The molecular weight excluding hydrogens is 431 g/mol. The van der Waals surface area contributed by atoms with Gasteiger partial charge in [-0.15, -0.1) is 0 Å². The molecule has 6 heteroatoms. The third-order valence-electron chi connectivity index (χ3n) is 0. The van der Waals surface area contributed by atoms with Crippen LogP contribution in [-0.2, 0) is 56.0 Å². The summed E-state index contributed by atoms with van der Waals surface area (Å²) < 4.78 is 0. The van der Waals surface area contributed by atoms with Crippen molar-refractivity contribution in [1.82, 2.24) is 0 Å². The molecule has 0 saturated carbocycles. The van der Waals surface area contributed by atoms with Crippen LogP contribution in [0.15, 0.2) is 0 Å². The number of hydrogen-bond donors (Lipinski definition) is 0. The summed E-state index contributed by atoms with van der Waals surface area (Å²) in [6.07, 6.45) is 0. The first-order valence-electron chi connectivity index (χ1n) is 0. The van der Waals surface area contributed by atoms with Gasteiger partial charge in [-0.2, -0.15) is 0 Å². The van der Waals surface area contributed by atoms with Crippen molar-refractivity contribution < 1.29 is 56.0 Å². The monoisotopic (exact) mass is 431 g/mol. The standard InChI is InChI=1S/Cu.3Se.2Zn/q+2;3*-2;2*+2. The van der Waals surface area contributed by atoms with Crippen LogP contribution in [-0.4, -0.2) is 51.2 Å². The molecule has 6 heavy (non-hydrogen) atoms. The fourth-order valence-corrected chi connectivity index (χ4v) is 0. The van der Waals surface area contributed by atoms with Gasteiger partial charge >= 0.3 is 56.0 Å². The Hall–Kier alpha value is 3.32. The molecule has 0 aromatic carbocycles. The van der Waals surface area contributed by atoms with Gasteiger partial charge in [-0.25, -0.2) is 0 Å². The van der Waals surface area contributed by atoms with E-state index >= 15 is 0 Å². The first-order chi connectivity index (χ1) is 0. The summed E-state index contributed by atoms with van der Waals surface area (Å²) in [7, 11) is 0. The van der Waals surface area contributed by atoms with E-state index < -0.39 is 0 Å². The van der Waals surface area contributed by atoms with Crippen LogP contribution in [0.3, 0.4) is 0 Å². The predicted octanol–water partition coefficient (Wildman–Crippen LogP) is -1.15. The Kier molecular flexibility index (Phi) is 394. The van der Waals surface area contributed by atoms with Crippen LogP contribution < -0.4 is 0 Å². The molecule has 0 aliphatic heterocycles. The maximum atomic E-state index is 0. The molecular formula is CuSe3Zn2. The predicted molar refractivity (Wildman–Crippen MR) is 17.3 cm³/mol. The second-order valence-electron chi connectivity index (χ2n) is 0. The molecule has 0 bridgehead atoms. The van der Waals surface area contributed by atoms with E-state index in [9.17, 15) is 0 Å². The second-order valence-corrected chi connectivity index (χ2v) is 0. The smallest absolute Gasteiger partial charge is 2.00 e. The van der Waals surface area contributed by atoms with E-state index in [-0.39, 0.29) is 107 Å². The summed E-state index contributed by atoms with van der Waals surface area (Å²) in [5.41, 5.74) is 0. The molecule has 0 heterocycles. The van der Waals surface area contributed by atoms with E-state index in [2.05, 4.69) is 0 Å². The third-order valence-corrected chi connectivity index (χ3v) is 0. The van der Waals surface area contributed by atoms with Gasteiger partial charge < -0.3 is 51.2 Å². The summed E-state index contributed by atoms with van der Waals surface area (Å²) >= 11 is 0. The van der Waals surface area contributed by atoms with Gasteiger partial charge in [-0.3, -0.25) is 0 Å². The van der Waals surface area contributed by atoms with Gasteiger partial charge in [0.05, 0.1) is 0 Å². The molecule has 0 amide bonds. The van der Waals surface area contributed by atoms with Crippen molar-refractivity contribution in [3.63, 3.8) is 0 Å². The van der Waals surface area contributed by atoms with E-state index in [1.54, 1.807) is 0 Å². The summed E-state index contributed by atoms with van der Waals surface area (Å²) in [5.74, 6) is 0. The van der Waals surface area contributed by atoms with Crippen LogP contribution in [0.25, 0.3) is 0 Å². The average Bonchev–Trinajstić information content (AvgIpc) is 0. The Morgan fingerprint density at radius 3 is 0.500 bits per heavy atom. The van der Waals surface area contributed by atoms with Gasteiger partial charge in [0.25, 0.3) is 0 Å². The van der Waals surface area contributed by atoms with Gasteiger partial charge in [0.2, 0.25) is 0 Å². The van der Waals surface area contributed by atoms with Gasteiger partial charge in [0.15, 0.2) is 0 Å². The fourth-order valence-electron chi connectivity index (χ4n) is 0. The molecule has 0 nitrogen and oxygen atoms in total. The van der Waals surface area contributed by atoms with Crippen LogP contribution in [0.2, 0.25) is 0 Å². The summed E-state index contributed by atoms with van der Waals surface area (Å²) in [4.78, 5) is 0. The summed E-state index contributed by atoms with van der Waals surface area (Å²) in [6, 6.07) is 0. The molecule has 0 spiro atoms. The van der Waals surface area contributed by atoms with Crippen molar-refractivity contribution in [1.29, 1.82) is 0 Å². The van der Waals surface area contributed by atoms with E-state index in [1.807, 2.05) is 0 Å². The van der Waals surface area contributed by atoms with Crippen LogP contribution in [0.5, 0.6) is 0 Å². The van der Waals surface area contributed by atoms with Crippen LogP contribution in [0.1, 0.15) is 0 Å². The molecule has 0 unspecified atom stereocenters. The number of hydrogen-bond acceptors (Lipinski definition) is 0. The van der Waals surface area contributed by atoms with E-state index in [1.165, 1.54) is 0 Å². The van der Waals surface area contributed by atoms with E-state index in [0.29, 0.717) is 0 Å². The number of rotatable bonds is 0. The zero-order valence-corrected chi connectivity index (χ0v) is 15.0. The minimum atomic E-state index is 0. The van der Waals surface area contributed by atoms with E-state index in [4.69, 9.17) is 0 Å². The first-order valence-corrected chi connectivity index (χ1v) is 0. The Morgan fingerprint density at radius 2 is 0.500 bits per heavy atom. The Morgan fingerprint density at radius 1 is 0.500 bits per heavy atom.